The average molecular weight is 343 g/mol. The summed E-state index contributed by atoms with van der Waals surface area (Å²) in [5.74, 6) is 1.05. The van der Waals surface area contributed by atoms with Crippen molar-refractivity contribution >= 4 is 11.7 Å². The van der Waals surface area contributed by atoms with E-state index in [1.165, 1.54) is 6.42 Å². The van der Waals surface area contributed by atoms with E-state index < -0.39 is 0 Å². The molecule has 0 aliphatic heterocycles. The van der Waals surface area contributed by atoms with Gasteiger partial charge in [-0.25, -0.2) is 9.50 Å². The molecule has 0 bridgehead atoms. The van der Waals surface area contributed by atoms with E-state index in [4.69, 9.17) is 4.74 Å². The lowest BCUT2D eigenvalue weighted by molar-refractivity contribution is -0.175. The van der Waals surface area contributed by atoms with Gasteiger partial charge in [0.15, 0.2) is 5.82 Å². The smallest absolute Gasteiger partial charge is 0.252 e. The summed E-state index contributed by atoms with van der Waals surface area (Å²) in [6, 6.07) is 2.18. The second kappa shape index (κ2) is 6.05. The zero-order valence-corrected chi connectivity index (χ0v) is 15.1. The second-order valence-electron chi connectivity index (χ2n) is 7.34. The minimum Gasteiger partial charge on any atom is -0.378 e. The van der Waals surface area contributed by atoms with Crippen LogP contribution in [0.1, 0.15) is 49.8 Å². The maximum Gasteiger partial charge on any atom is 0.252 e. The van der Waals surface area contributed by atoms with Gasteiger partial charge in [0, 0.05) is 29.5 Å². The maximum absolute atomic E-state index is 12.5. The van der Waals surface area contributed by atoms with Crippen LogP contribution in [0.25, 0.3) is 5.78 Å². The first-order valence-electron chi connectivity index (χ1n) is 9.12. The third kappa shape index (κ3) is 2.70. The summed E-state index contributed by atoms with van der Waals surface area (Å²) >= 11 is 0. The van der Waals surface area contributed by atoms with Crippen LogP contribution in [0.2, 0.25) is 0 Å². The van der Waals surface area contributed by atoms with E-state index in [1.54, 1.807) is 4.52 Å². The standard InChI is InChI=1S/C18H25N5O2/c1-4-25-14-9-13(18(14)6-5-7-18)20-16(24)10-15-21-17-19-11(2)8-12(3)23(17)22-15/h8,13-14H,4-7,9-10H2,1-3H3,(H,20,24). The Kier molecular flexibility index (Phi) is 3.98. The van der Waals surface area contributed by atoms with Crippen LogP contribution in [0.3, 0.4) is 0 Å². The van der Waals surface area contributed by atoms with Crippen LogP contribution in [0.4, 0.5) is 0 Å². The van der Waals surface area contributed by atoms with Gasteiger partial charge in [0.2, 0.25) is 5.91 Å². The van der Waals surface area contributed by atoms with Crippen LogP contribution in [-0.2, 0) is 16.0 Å². The molecule has 1 N–H and O–H groups in total. The summed E-state index contributed by atoms with van der Waals surface area (Å²) in [4.78, 5) is 21.2. The predicted molar refractivity (Wildman–Crippen MR) is 92.2 cm³/mol. The molecular formula is C18H25N5O2. The highest BCUT2D eigenvalue weighted by Crippen LogP contribution is 2.57. The van der Waals surface area contributed by atoms with Crippen LogP contribution in [0.5, 0.6) is 0 Å². The highest BCUT2D eigenvalue weighted by Gasteiger charge is 2.59. The number of nitrogens with one attached hydrogen (secondary N) is 1. The fourth-order valence-electron chi connectivity index (χ4n) is 4.31. The van der Waals surface area contributed by atoms with Crippen molar-refractivity contribution in [1.82, 2.24) is 24.9 Å². The molecule has 25 heavy (non-hydrogen) atoms. The van der Waals surface area contributed by atoms with Gasteiger partial charge in [-0.15, -0.1) is 5.10 Å². The van der Waals surface area contributed by atoms with Crippen molar-refractivity contribution in [3.05, 3.63) is 23.3 Å². The zero-order valence-electron chi connectivity index (χ0n) is 15.1. The highest BCUT2D eigenvalue weighted by atomic mass is 16.5. The van der Waals surface area contributed by atoms with Gasteiger partial charge in [-0.2, -0.15) is 4.98 Å². The molecule has 0 radical (unpaired) electrons. The van der Waals surface area contributed by atoms with Crippen molar-refractivity contribution in [2.24, 2.45) is 5.41 Å². The molecule has 2 aliphatic carbocycles. The number of amides is 1. The van der Waals surface area contributed by atoms with E-state index in [1.807, 2.05) is 26.8 Å². The number of hydrogen-bond acceptors (Lipinski definition) is 5. The van der Waals surface area contributed by atoms with Crippen molar-refractivity contribution in [2.45, 2.75) is 65.0 Å². The summed E-state index contributed by atoms with van der Waals surface area (Å²) in [5.41, 5.74) is 2.04. The third-order valence-electron chi connectivity index (χ3n) is 5.75. The Hall–Kier alpha value is -2.02. The van der Waals surface area contributed by atoms with Crippen LogP contribution >= 0.6 is 0 Å². The molecule has 2 fully saturated rings. The molecule has 0 aromatic carbocycles. The molecule has 1 amide bonds. The predicted octanol–water partition coefficient (Wildman–Crippen LogP) is 1.75. The summed E-state index contributed by atoms with van der Waals surface area (Å²) in [6.07, 6.45) is 4.94. The number of carbonyl (C=O) groups excluding carboxylic acids is 1. The first-order chi connectivity index (χ1) is 12.0. The molecule has 2 unspecified atom stereocenters. The lowest BCUT2D eigenvalue weighted by atomic mass is 9.51. The molecule has 7 heteroatoms. The lowest BCUT2D eigenvalue weighted by Crippen LogP contribution is -2.67. The van der Waals surface area contributed by atoms with Gasteiger partial charge < -0.3 is 10.1 Å². The molecule has 134 valence electrons. The Morgan fingerprint density at radius 1 is 1.40 bits per heavy atom. The Bertz CT molecular complexity index is 811. The fraction of sp³-hybridized carbons (Fsp3) is 0.667. The van der Waals surface area contributed by atoms with Gasteiger partial charge in [-0.05, 0) is 46.1 Å². The first kappa shape index (κ1) is 16.4. The summed E-state index contributed by atoms with van der Waals surface area (Å²) in [7, 11) is 0. The minimum absolute atomic E-state index is 0.0171. The molecule has 2 saturated carbocycles. The number of aromatic nitrogens is 4. The van der Waals surface area contributed by atoms with Crippen LogP contribution in [0.15, 0.2) is 6.07 Å². The van der Waals surface area contributed by atoms with E-state index in [0.29, 0.717) is 17.7 Å². The van der Waals surface area contributed by atoms with Crippen LogP contribution in [0, 0.1) is 19.3 Å². The molecule has 2 atom stereocenters. The Balaban J connectivity index is 1.42. The van der Waals surface area contributed by atoms with E-state index in [2.05, 4.69) is 20.4 Å². The van der Waals surface area contributed by atoms with Gasteiger partial charge in [0.25, 0.3) is 5.78 Å². The van der Waals surface area contributed by atoms with Crippen LogP contribution in [-0.4, -0.2) is 44.2 Å². The van der Waals surface area contributed by atoms with Crippen molar-refractivity contribution in [3.8, 4) is 0 Å². The number of rotatable bonds is 5. The lowest BCUT2D eigenvalue weighted by Gasteiger charge is -2.61. The van der Waals surface area contributed by atoms with Crippen molar-refractivity contribution in [1.29, 1.82) is 0 Å². The van der Waals surface area contributed by atoms with Gasteiger partial charge in [0.1, 0.15) is 0 Å². The first-order valence-corrected chi connectivity index (χ1v) is 9.12. The van der Waals surface area contributed by atoms with E-state index in [9.17, 15) is 4.79 Å². The molecule has 7 nitrogen and oxygen atoms in total. The number of fused-ring (bicyclic) bond motifs is 1. The summed E-state index contributed by atoms with van der Waals surface area (Å²) < 4.78 is 7.53. The second-order valence-corrected chi connectivity index (χ2v) is 7.34. The van der Waals surface area contributed by atoms with E-state index >= 15 is 0 Å². The average Bonchev–Trinajstić information content (AvgIpc) is 2.86. The monoisotopic (exact) mass is 343 g/mol. The molecule has 1 spiro atoms. The molecule has 0 saturated heterocycles. The number of aryl methyl sites for hydroxylation is 2. The Morgan fingerprint density at radius 3 is 2.88 bits per heavy atom. The molecular weight excluding hydrogens is 318 g/mol. The van der Waals surface area contributed by atoms with Crippen molar-refractivity contribution in [3.63, 3.8) is 0 Å². The molecule has 2 aliphatic rings. The van der Waals surface area contributed by atoms with Gasteiger partial charge in [-0.3, -0.25) is 4.79 Å². The van der Waals surface area contributed by atoms with E-state index in [-0.39, 0.29) is 23.8 Å². The van der Waals surface area contributed by atoms with Crippen molar-refractivity contribution < 1.29 is 9.53 Å². The van der Waals surface area contributed by atoms with Gasteiger partial charge >= 0.3 is 0 Å². The zero-order chi connectivity index (χ0) is 17.6. The SMILES string of the molecule is CCOC1CC(NC(=O)Cc2nc3nc(C)cc(C)n3n2)C12CCC2. The molecule has 2 aromatic heterocycles. The number of nitrogens with zero attached hydrogens (tertiary/aromatic N) is 4. The molecule has 2 aromatic rings. The Morgan fingerprint density at radius 2 is 2.20 bits per heavy atom. The fourth-order valence-corrected chi connectivity index (χ4v) is 4.31. The number of carbonyl (C=O) groups is 1. The van der Waals surface area contributed by atoms with Crippen molar-refractivity contribution in [2.75, 3.05) is 6.61 Å². The quantitative estimate of drug-likeness (QED) is 0.894. The van der Waals surface area contributed by atoms with E-state index in [0.717, 1.165) is 37.3 Å². The van der Waals surface area contributed by atoms with Gasteiger partial charge in [-0.1, -0.05) is 6.42 Å². The normalized spacial score (nSPS) is 24.1. The number of hydrogen-bond donors (Lipinski definition) is 1. The number of ether oxygens (including phenoxy) is 1. The largest absolute Gasteiger partial charge is 0.378 e. The maximum atomic E-state index is 12.5. The molecule has 4 rings (SSSR count). The minimum atomic E-state index is -0.0171. The summed E-state index contributed by atoms with van der Waals surface area (Å²) in [5, 5.41) is 7.60. The topological polar surface area (TPSA) is 81.4 Å². The van der Waals surface area contributed by atoms with Gasteiger partial charge in [0.05, 0.1) is 12.5 Å². The highest BCUT2D eigenvalue weighted by molar-refractivity contribution is 5.78. The van der Waals surface area contributed by atoms with Crippen LogP contribution < -0.4 is 5.32 Å². The Labute approximate surface area is 147 Å². The third-order valence-corrected chi connectivity index (χ3v) is 5.75. The molecule has 2 heterocycles. The summed E-state index contributed by atoms with van der Waals surface area (Å²) in [6.45, 7) is 6.66.